The van der Waals surface area contributed by atoms with Crippen LogP contribution in [0.25, 0.3) is 0 Å². The van der Waals surface area contributed by atoms with Crippen molar-refractivity contribution in [3.05, 3.63) is 0 Å². The summed E-state index contributed by atoms with van der Waals surface area (Å²) in [5, 5.41) is 0. The molecule has 3 fully saturated rings. The first-order valence-electron chi connectivity index (χ1n) is 5.33. The van der Waals surface area contributed by atoms with E-state index in [2.05, 4.69) is 13.8 Å². The molecule has 0 aromatic carbocycles. The number of hydrogen-bond acceptors (Lipinski definition) is 1. The molecule has 2 unspecified atom stereocenters. The first-order valence-corrected chi connectivity index (χ1v) is 5.33. The SMILES string of the molecule is CC1COC(C)C2(CC2)C12CC2. The molecule has 0 radical (unpaired) electrons. The van der Waals surface area contributed by atoms with Gasteiger partial charge in [-0.3, -0.25) is 0 Å². The van der Waals surface area contributed by atoms with Crippen LogP contribution in [0.4, 0.5) is 0 Å². The van der Waals surface area contributed by atoms with Crippen LogP contribution in [0, 0.1) is 16.7 Å². The predicted octanol–water partition coefficient (Wildman–Crippen LogP) is 2.60. The Morgan fingerprint density at radius 2 is 1.58 bits per heavy atom. The highest BCUT2D eigenvalue weighted by Gasteiger charge is 2.71. The molecule has 3 aliphatic rings. The van der Waals surface area contributed by atoms with Crippen molar-refractivity contribution in [2.45, 2.75) is 45.6 Å². The Morgan fingerprint density at radius 1 is 1.00 bits per heavy atom. The highest BCUT2D eigenvalue weighted by atomic mass is 16.5. The van der Waals surface area contributed by atoms with Gasteiger partial charge >= 0.3 is 0 Å². The van der Waals surface area contributed by atoms with Crippen LogP contribution in [0.3, 0.4) is 0 Å². The summed E-state index contributed by atoms with van der Waals surface area (Å²) in [7, 11) is 0. The summed E-state index contributed by atoms with van der Waals surface area (Å²) in [4.78, 5) is 0. The summed E-state index contributed by atoms with van der Waals surface area (Å²) in [6.45, 7) is 5.70. The second-order valence-electron chi connectivity index (χ2n) is 5.19. The number of hydrogen-bond donors (Lipinski definition) is 0. The van der Waals surface area contributed by atoms with Gasteiger partial charge in [-0.05, 0) is 43.9 Å². The fourth-order valence-corrected chi connectivity index (χ4v) is 3.67. The van der Waals surface area contributed by atoms with Gasteiger partial charge in [0, 0.05) is 5.41 Å². The second-order valence-corrected chi connectivity index (χ2v) is 5.19. The molecule has 1 heteroatoms. The van der Waals surface area contributed by atoms with Gasteiger partial charge in [-0.1, -0.05) is 6.92 Å². The molecule has 2 saturated carbocycles. The maximum atomic E-state index is 5.84. The summed E-state index contributed by atoms with van der Waals surface area (Å²) in [6, 6.07) is 0. The van der Waals surface area contributed by atoms with Gasteiger partial charge in [0.1, 0.15) is 0 Å². The van der Waals surface area contributed by atoms with Crippen LogP contribution in [0.1, 0.15) is 39.5 Å². The Balaban J connectivity index is 1.96. The Labute approximate surface area is 74.5 Å². The maximum Gasteiger partial charge on any atom is 0.0608 e. The minimum atomic E-state index is 0.552. The molecule has 1 aliphatic heterocycles. The van der Waals surface area contributed by atoms with E-state index < -0.39 is 0 Å². The molecule has 0 bridgehead atoms. The summed E-state index contributed by atoms with van der Waals surface area (Å²) >= 11 is 0. The van der Waals surface area contributed by atoms with E-state index in [9.17, 15) is 0 Å². The quantitative estimate of drug-likeness (QED) is 0.537. The third-order valence-corrected chi connectivity index (χ3v) is 4.89. The van der Waals surface area contributed by atoms with E-state index in [1.807, 2.05) is 0 Å². The summed E-state index contributed by atoms with van der Waals surface area (Å²) in [5.74, 6) is 0.830. The van der Waals surface area contributed by atoms with Crippen LogP contribution < -0.4 is 0 Å². The summed E-state index contributed by atoms with van der Waals surface area (Å²) in [6.07, 6.45) is 6.41. The lowest BCUT2D eigenvalue weighted by Gasteiger charge is -2.42. The Morgan fingerprint density at radius 3 is 2.00 bits per heavy atom. The van der Waals surface area contributed by atoms with Gasteiger partial charge < -0.3 is 4.74 Å². The van der Waals surface area contributed by atoms with Crippen molar-refractivity contribution < 1.29 is 4.74 Å². The standard InChI is InChI=1S/C11H18O/c1-8-7-12-9(2)11(5-6-11)10(8)3-4-10/h8-9H,3-7H2,1-2H3. The minimum absolute atomic E-state index is 0.552. The Bertz CT molecular complexity index is 189. The first kappa shape index (κ1) is 7.37. The van der Waals surface area contributed by atoms with Crippen molar-refractivity contribution >= 4 is 0 Å². The molecule has 0 N–H and O–H groups in total. The van der Waals surface area contributed by atoms with Crippen molar-refractivity contribution in [1.29, 1.82) is 0 Å². The molecule has 68 valence electrons. The number of rotatable bonds is 0. The average molecular weight is 166 g/mol. The van der Waals surface area contributed by atoms with Crippen molar-refractivity contribution in [3.63, 3.8) is 0 Å². The van der Waals surface area contributed by atoms with Gasteiger partial charge in [0.2, 0.25) is 0 Å². The predicted molar refractivity (Wildman–Crippen MR) is 47.9 cm³/mol. The van der Waals surface area contributed by atoms with E-state index in [-0.39, 0.29) is 0 Å². The summed E-state index contributed by atoms with van der Waals surface area (Å²) < 4.78 is 5.84. The molecule has 0 aromatic heterocycles. The van der Waals surface area contributed by atoms with Crippen LogP contribution in [0.5, 0.6) is 0 Å². The fourth-order valence-electron chi connectivity index (χ4n) is 3.67. The molecule has 3 rings (SSSR count). The van der Waals surface area contributed by atoms with E-state index in [1.54, 1.807) is 0 Å². The molecule has 1 nitrogen and oxygen atoms in total. The Kier molecular flexibility index (Phi) is 1.16. The number of ether oxygens (including phenoxy) is 1. The van der Waals surface area contributed by atoms with Crippen molar-refractivity contribution in [2.24, 2.45) is 16.7 Å². The van der Waals surface area contributed by atoms with Gasteiger partial charge in [0.05, 0.1) is 12.7 Å². The normalized spacial score (nSPS) is 46.5. The molecule has 2 spiro atoms. The van der Waals surface area contributed by atoms with Gasteiger partial charge in [-0.15, -0.1) is 0 Å². The monoisotopic (exact) mass is 166 g/mol. The second kappa shape index (κ2) is 1.89. The molecule has 2 atom stereocenters. The van der Waals surface area contributed by atoms with Crippen molar-refractivity contribution in [2.75, 3.05) is 6.61 Å². The van der Waals surface area contributed by atoms with Gasteiger partial charge in [-0.2, -0.15) is 0 Å². The van der Waals surface area contributed by atoms with Crippen molar-refractivity contribution in [1.82, 2.24) is 0 Å². The fraction of sp³-hybridized carbons (Fsp3) is 1.00. The lowest BCUT2D eigenvalue weighted by atomic mass is 9.72. The Hall–Kier alpha value is -0.0400. The molecule has 0 amide bonds. The molecule has 2 aliphatic carbocycles. The van der Waals surface area contributed by atoms with E-state index in [4.69, 9.17) is 4.74 Å². The smallest absolute Gasteiger partial charge is 0.0608 e. The minimum Gasteiger partial charge on any atom is -0.378 e. The van der Waals surface area contributed by atoms with E-state index >= 15 is 0 Å². The van der Waals surface area contributed by atoms with Crippen LogP contribution in [-0.4, -0.2) is 12.7 Å². The molecular formula is C11H18O. The third kappa shape index (κ3) is 0.618. The van der Waals surface area contributed by atoms with Gasteiger partial charge in [0.25, 0.3) is 0 Å². The highest BCUT2D eigenvalue weighted by Crippen LogP contribution is 2.76. The van der Waals surface area contributed by atoms with E-state index in [1.165, 1.54) is 25.7 Å². The van der Waals surface area contributed by atoms with Crippen molar-refractivity contribution in [3.8, 4) is 0 Å². The zero-order valence-electron chi connectivity index (χ0n) is 8.10. The average Bonchev–Trinajstić information content (AvgIpc) is 2.83. The van der Waals surface area contributed by atoms with E-state index in [0.717, 1.165) is 17.9 Å². The molecule has 0 aromatic rings. The summed E-state index contributed by atoms with van der Waals surface area (Å²) in [5.41, 5.74) is 1.38. The first-order chi connectivity index (χ1) is 5.71. The topological polar surface area (TPSA) is 9.23 Å². The molecule has 1 heterocycles. The van der Waals surface area contributed by atoms with Crippen LogP contribution in [0.2, 0.25) is 0 Å². The molecular weight excluding hydrogens is 148 g/mol. The lowest BCUT2D eigenvalue weighted by Crippen LogP contribution is -2.43. The zero-order chi connectivity index (χ0) is 8.40. The third-order valence-electron chi connectivity index (χ3n) is 4.89. The number of fused-ring (bicyclic) bond motifs is 1. The maximum absolute atomic E-state index is 5.84. The van der Waals surface area contributed by atoms with Crippen LogP contribution >= 0.6 is 0 Å². The molecule has 1 saturated heterocycles. The zero-order valence-corrected chi connectivity index (χ0v) is 8.10. The largest absolute Gasteiger partial charge is 0.378 e. The van der Waals surface area contributed by atoms with Crippen LogP contribution in [-0.2, 0) is 4.74 Å². The van der Waals surface area contributed by atoms with E-state index in [0.29, 0.717) is 11.5 Å². The lowest BCUT2D eigenvalue weighted by molar-refractivity contribution is -0.103. The van der Waals surface area contributed by atoms with Gasteiger partial charge in [-0.25, -0.2) is 0 Å². The molecule has 12 heavy (non-hydrogen) atoms. The highest BCUT2D eigenvalue weighted by molar-refractivity contribution is 5.19. The van der Waals surface area contributed by atoms with Gasteiger partial charge in [0.15, 0.2) is 0 Å². The van der Waals surface area contributed by atoms with Crippen LogP contribution in [0.15, 0.2) is 0 Å².